The van der Waals surface area contributed by atoms with Gasteiger partial charge in [-0.15, -0.1) is 6.58 Å². The van der Waals surface area contributed by atoms with Gasteiger partial charge in [0.15, 0.2) is 0 Å². The van der Waals surface area contributed by atoms with Crippen LogP contribution < -0.4 is 0 Å². The van der Waals surface area contributed by atoms with E-state index in [-0.39, 0.29) is 5.92 Å². The van der Waals surface area contributed by atoms with Crippen LogP contribution in [0.3, 0.4) is 0 Å². The first-order chi connectivity index (χ1) is 8.69. The third kappa shape index (κ3) is 4.83. The van der Waals surface area contributed by atoms with E-state index >= 15 is 0 Å². The number of hydrogen-bond acceptors (Lipinski definition) is 1. The van der Waals surface area contributed by atoms with E-state index in [1.807, 2.05) is 6.08 Å². The summed E-state index contributed by atoms with van der Waals surface area (Å²) in [6, 6.07) is 0. The van der Waals surface area contributed by atoms with Gasteiger partial charge in [-0.2, -0.15) is 0 Å². The average molecular weight is 252 g/mol. The Labute approximate surface area is 111 Å². The van der Waals surface area contributed by atoms with Gasteiger partial charge in [-0.3, -0.25) is 4.79 Å². The lowest BCUT2D eigenvalue weighted by Gasteiger charge is -2.33. The van der Waals surface area contributed by atoms with E-state index in [0.29, 0.717) is 5.92 Å². The number of carboxylic acid groups (broad SMARTS) is 1. The second kappa shape index (κ2) is 8.34. The zero-order valence-electron chi connectivity index (χ0n) is 11.7. The minimum atomic E-state index is -0.569. The van der Waals surface area contributed by atoms with E-state index in [4.69, 9.17) is 0 Å². The van der Waals surface area contributed by atoms with Gasteiger partial charge in [-0.05, 0) is 50.4 Å². The van der Waals surface area contributed by atoms with Crippen LogP contribution in [0.1, 0.15) is 64.7 Å². The number of unbranched alkanes of at least 4 members (excludes halogenated alkanes) is 3. The van der Waals surface area contributed by atoms with Gasteiger partial charge in [0.1, 0.15) is 0 Å². The van der Waals surface area contributed by atoms with Crippen molar-refractivity contribution in [1.82, 2.24) is 0 Å². The van der Waals surface area contributed by atoms with Crippen LogP contribution in [-0.2, 0) is 4.79 Å². The Balaban J connectivity index is 2.36. The average Bonchev–Trinajstić information content (AvgIpc) is 2.38. The van der Waals surface area contributed by atoms with Crippen molar-refractivity contribution >= 4 is 5.97 Å². The zero-order chi connectivity index (χ0) is 13.4. The quantitative estimate of drug-likeness (QED) is 0.504. The minimum Gasteiger partial charge on any atom is -0.481 e. The SMILES string of the molecule is C=CCCCCCC1CC(CC)CCC1C(=O)O. The van der Waals surface area contributed by atoms with Crippen molar-refractivity contribution in [2.75, 3.05) is 0 Å². The van der Waals surface area contributed by atoms with Crippen molar-refractivity contribution in [2.45, 2.75) is 64.7 Å². The summed E-state index contributed by atoms with van der Waals surface area (Å²) in [5.74, 6) is 0.538. The molecule has 2 nitrogen and oxygen atoms in total. The predicted octanol–water partition coefficient (Wildman–Crippen LogP) is 4.65. The van der Waals surface area contributed by atoms with Crippen molar-refractivity contribution in [2.24, 2.45) is 17.8 Å². The van der Waals surface area contributed by atoms with E-state index < -0.39 is 5.97 Å². The fourth-order valence-electron chi connectivity index (χ4n) is 3.25. The van der Waals surface area contributed by atoms with E-state index in [9.17, 15) is 9.90 Å². The van der Waals surface area contributed by atoms with E-state index in [2.05, 4.69) is 13.5 Å². The molecule has 0 spiro atoms. The van der Waals surface area contributed by atoms with Crippen LogP contribution in [0.5, 0.6) is 0 Å². The summed E-state index contributed by atoms with van der Waals surface area (Å²) < 4.78 is 0. The molecule has 0 aliphatic heterocycles. The fraction of sp³-hybridized carbons (Fsp3) is 0.812. The van der Waals surface area contributed by atoms with Gasteiger partial charge in [-0.25, -0.2) is 0 Å². The number of aliphatic carboxylic acids is 1. The summed E-state index contributed by atoms with van der Waals surface area (Å²) in [6.45, 7) is 5.96. The fourth-order valence-corrected chi connectivity index (χ4v) is 3.25. The Hall–Kier alpha value is -0.790. The molecule has 104 valence electrons. The van der Waals surface area contributed by atoms with Gasteiger partial charge in [-0.1, -0.05) is 32.3 Å². The normalized spacial score (nSPS) is 27.9. The van der Waals surface area contributed by atoms with Crippen LogP contribution >= 0.6 is 0 Å². The summed E-state index contributed by atoms with van der Waals surface area (Å²) in [5.41, 5.74) is 0. The predicted molar refractivity (Wildman–Crippen MR) is 75.5 cm³/mol. The smallest absolute Gasteiger partial charge is 0.306 e. The van der Waals surface area contributed by atoms with Crippen LogP contribution in [0.25, 0.3) is 0 Å². The standard InChI is InChI=1S/C16H28O2/c1-3-5-6-7-8-9-14-12-13(4-2)10-11-15(14)16(17)18/h3,13-15H,1,4-12H2,2H3,(H,17,18). The highest BCUT2D eigenvalue weighted by Gasteiger charge is 2.33. The van der Waals surface area contributed by atoms with Gasteiger partial charge >= 0.3 is 5.97 Å². The number of carboxylic acids is 1. The largest absolute Gasteiger partial charge is 0.481 e. The number of hydrogen-bond donors (Lipinski definition) is 1. The summed E-state index contributed by atoms with van der Waals surface area (Å²) >= 11 is 0. The molecule has 0 bridgehead atoms. The molecule has 0 heterocycles. The van der Waals surface area contributed by atoms with Gasteiger partial charge in [0.05, 0.1) is 5.92 Å². The van der Waals surface area contributed by atoms with Gasteiger partial charge < -0.3 is 5.11 Å². The number of allylic oxidation sites excluding steroid dienone is 1. The van der Waals surface area contributed by atoms with Crippen LogP contribution in [-0.4, -0.2) is 11.1 Å². The highest BCUT2D eigenvalue weighted by molar-refractivity contribution is 5.70. The second-order valence-corrected chi connectivity index (χ2v) is 5.72. The van der Waals surface area contributed by atoms with E-state index in [1.54, 1.807) is 0 Å². The molecule has 1 N–H and O–H groups in total. The van der Waals surface area contributed by atoms with Crippen molar-refractivity contribution in [1.29, 1.82) is 0 Å². The molecule has 2 heteroatoms. The minimum absolute atomic E-state index is 0.0767. The molecule has 0 aromatic carbocycles. The van der Waals surface area contributed by atoms with Crippen LogP contribution in [0.4, 0.5) is 0 Å². The molecule has 1 saturated carbocycles. The van der Waals surface area contributed by atoms with Crippen molar-refractivity contribution in [3.8, 4) is 0 Å². The summed E-state index contributed by atoms with van der Waals surface area (Å²) in [7, 11) is 0. The molecule has 1 aliphatic rings. The first-order valence-corrected chi connectivity index (χ1v) is 7.52. The molecule has 0 aromatic heterocycles. The molecular weight excluding hydrogens is 224 g/mol. The Morgan fingerprint density at radius 1 is 1.33 bits per heavy atom. The Morgan fingerprint density at radius 3 is 2.72 bits per heavy atom. The Morgan fingerprint density at radius 2 is 2.11 bits per heavy atom. The lowest BCUT2D eigenvalue weighted by Crippen LogP contribution is -2.30. The lowest BCUT2D eigenvalue weighted by molar-refractivity contribution is -0.145. The van der Waals surface area contributed by atoms with Gasteiger partial charge in [0.25, 0.3) is 0 Å². The molecule has 0 radical (unpaired) electrons. The third-order valence-corrected chi connectivity index (χ3v) is 4.47. The number of rotatable bonds is 8. The summed E-state index contributed by atoms with van der Waals surface area (Å²) in [5, 5.41) is 9.30. The molecule has 1 fully saturated rings. The van der Waals surface area contributed by atoms with Gasteiger partial charge in [0.2, 0.25) is 0 Å². The lowest BCUT2D eigenvalue weighted by atomic mass is 9.71. The molecule has 18 heavy (non-hydrogen) atoms. The molecule has 3 unspecified atom stereocenters. The van der Waals surface area contributed by atoms with Crippen LogP contribution in [0, 0.1) is 17.8 Å². The highest BCUT2D eigenvalue weighted by Crippen LogP contribution is 2.38. The molecule has 0 saturated heterocycles. The van der Waals surface area contributed by atoms with Crippen molar-refractivity contribution in [3.05, 3.63) is 12.7 Å². The van der Waals surface area contributed by atoms with E-state index in [1.165, 1.54) is 25.7 Å². The molecule has 0 aromatic rings. The summed E-state index contributed by atoms with van der Waals surface area (Å²) in [6.07, 6.45) is 12.1. The van der Waals surface area contributed by atoms with Crippen molar-refractivity contribution in [3.63, 3.8) is 0 Å². The monoisotopic (exact) mass is 252 g/mol. The maximum Gasteiger partial charge on any atom is 0.306 e. The summed E-state index contributed by atoms with van der Waals surface area (Å²) in [4.78, 5) is 11.3. The van der Waals surface area contributed by atoms with Gasteiger partial charge in [0, 0.05) is 0 Å². The molecule has 0 amide bonds. The highest BCUT2D eigenvalue weighted by atomic mass is 16.4. The first kappa shape index (κ1) is 15.3. The van der Waals surface area contributed by atoms with Crippen molar-refractivity contribution < 1.29 is 9.90 Å². The Bertz CT molecular complexity index is 260. The second-order valence-electron chi connectivity index (χ2n) is 5.72. The number of carbonyl (C=O) groups is 1. The molecule has 1 aliphatic carbocycles. The maximum absolute atomic E-state index is 11.3. The zero-order valence-corrected chi connectivity index (χ0v) is 11.7. The maximum atomic E-state index is 11.3. The third-order valence-electron chi connectivity index (χ3n) is 4.47. The topological polar surface area (TPSA) is 37.3 Å². The molecule has 3 atom stereocenters. The first-order valence-electron chi connectivity index (χ1n) is 7.52. The molecular formula is C16H28O2. The van der Waals surface area contributed by atoms with E-state index in [0.717, 1.165) is 38.0 Å². The molecule has 1 rings (SSSR count). The van der Waals surface area contributed by atoms with Crippen LogP contribution in [0.2, 0.25) is 0 Å². The Kier molecular flexibility index (Phi) is 7.07. The van der Waals surface area contributed by atoms with Crippen LogP contribution in [0.15, 0.2) is 12.7 Å².